The minimum atomic E-state index is -4.62. The van der Waals surface area contributed by atoms with Gasteiger partial charge in [0.2, 0.25) is 0 Å². The topological polar surface area (TPSA) is 81.3 Å². The maximum atomic E-state index is 12.6. The van der Waals surface area contributed by atoms with Crippen molar-refractivity contribution in [2.45, 2.75) is 19.1 Å². The second-order valence-electron chi connectivity index (χ2n) is 3.68. The number of carboxylic acids is 1. The highest BCUT2D eigenvalue weighted by Crippen LogP contribution is 2.34. The molecule has 8 heteroatoms. The van der Waals surface area contributed by atoms with Gasteiger partial charge in [-0.25, -0.2) is 4.79 Å². The first-order chi connectivity index (χ1) is 8.71. The Bertz CT molecular complexity index is 488. The van der Waals surface area contributed by atoms with Gasteiger partial charge in [-0.1, -0.05) is 12.1 Å². The Morgan fingerprint density at radius 2 is 1.84 bits per heavy atom. The van der Waals surface area contributed by atoms with Gasteiger partial charge in [-0.2, -0.15) is 13.2 Å². The Kier molecular flexibility index (Phi) is 4.36. The molecule has 0 aromatic heterocycles. The molecule has 0 heterocycles. The van der Waals surface area contributed by atoms with Crippen LogP contribution in [-0.2, 0) is 11.0 Å². The number of urea groups is 1. The van der Waals surface area contributed by atoms with E-state index in [2.05, 4.69) is 0 Å². The average Bonchev–Trinajstić information content (AvgIpc) is 2.27. The zero-order valence-corrected chi connectivity index (χ0v) is 9.75. The molecule has 2 amide bonds. The van der Waals surface area contributed by atoms with E-state index in [9.17, 15) is 27.9 Å². The zero-order valence-electron chi connectivity index (χ0n) is 9.75. The number of nitrogens with one attached hydrogen (secondary N) is 2. The molecule has 0 aliphatic carbocycles. The molecule has 0 aliphatic rings. The van der Waals surface area contributed by atoms with Crippen LogP contribution in [0.2, 0.25) is 0 Å². The summed E-state index contributed by atoms with van der Waals surface area (Å²) in [5.74, 6) is -1.54. The predicted octanol–water partition coefficient (Wildman–Crippen LogP) is 0.965. The Labute approximate surface area is 106 Å². The van der Waals surface area contributed by atoms with Crippen LogP contribution in [0, 0.1) is 0 Å². The number of halogens is 3. The molecule has 5 nitrogen and oxygen atoms in total. The molecule has 1 aromatic rings. The highest BCUT2D eigenvalue weighted by molar-refractivity contribution is 5.92. The molecule has 0 radical (unpaired) electrons. The number of aliphatic carboxylic acids is 1. The maximum Gasteiger partial charge on any atom is 0.418 e. The van der Waals surface area contributed by atoms with Gasteiger partial charge >= 0.3 is 12.2 Å². The Morgan fingerprint density at radius 1 is 1.26 bits per heavy atom. The Hall–Kier alpha value is -2.25. The molecule has 19 heavy (non-hydrogen) atoms. The van der Waals surface area contributed by atoms with E-state index in [1.54, 1.807) is 0 Å². The highest BCUT2D eigenvalue weighted by atomic mass is 19.4. The molecule has 1 atom stereocenters. The quantitative estimate of drug-likeness (QED) is 0.862. The van der Waals surface area contributed by atoms with E-state index in [1.807, 2.05) is 10.6 Å². The van der Waals surface area contributed by atoms with Crippen LogP contribution in [0.25, 0.3) is 0 Å². The lowest BCUT2D eigenvalue weighted by atomic mass is 10.1. The van der Waals surface area contributed by atoms with Crippen molar-refractivity contribution >= 4 is 17.7 Å². The summed E-state index contributed by atoms with van der Waals surface area (Å²) < 4.78 is 37.8. The fraction of sp³-hybridized carbons (Fsp3) is 0.273. The first-order valence-corrected chi connectivity index (χ1v) is 5.16. The monoisotopic (exact) mass is 275 g/mol. The molecule has 0 saturated carbocycles. The number of carboxylic acid groups (broad SMARTS) is 1. The van der Waals surface area contributed by atoms with Gasteiger partial charge in [0, 0.05) is 0 Å². The zero-order chi connectivity index (χ0) is 14.6. The number of benzene rings is 1. The standard InChI is InChI=1S/C11H11F3N2O3/c1-6(9(17)18)15-10(19)16-8-5-3-2-4-7(8)11(12,13)14/h2-6H,1H3,(H,17,18)(H2,15,16,19)/p-1/t6-/m0/s1. The fourth-order valence-electron chi connectivity index (χ4n) is 1.25. The minimum absolute atomic E-state index is 0.460. The molecular weight excluding hydrogens is 265 g/mol. The van der Waals surface area contributed by atoms with Gasteiger partial charge < -0.3 is 20.5 Å². The summed E-state index contributed by atoms with van der Waals surface area (Å²) in [5, 5.41) is 14.2. The van der Waals surface area contributed by atoms with Crippen molar-refractivity contribution in [1.29, 1.82) is 0 Å². The Balaban J connectivity index is 2.83. The van der Waals surface area contributed by atoms with E-state index in [0.29, 0.717) is 0 Å². The highest BCUT2D eigenvalue weighted by Gasteiger charge is 2.33. The van der Waals surface area contributed by atoms with Crippen LogP contribution in [0.4, 0.5) is 23.7 Å². The lowest BCUT2D eigenvalue weighted by Gasteiger charge is -2.17. The third kappa shape index (κ3) is 4.16. The van der Waals surface area contributed by atoms with E-state index < -0.39 is 35.5 Å². The number of para-hydroxylation sites is 1. The number of alkyl halides is 3. The molecule has 0 spiro atoms. The lowest BCUT2D eigenvalue weighted by molar-refractivity contribution is -0.307. The maximum absolute atomic E-state index is 12.6. The van der Waals surface area contributed by atoms with Gasteiger partial charge in [0.25, 0.3) is 0 Å². The van der Waals surface area contributed by atoms with Crippen molar-refractivity contribution in [1.82, 2.24) is 5.32 Å². The largest absolute Gasteiger partial charge is 0.548 e. The van der Waals surface area contributed by atoms with Crippen LogP contribution in [0.5, 0.6) is 0 Å². The van der Waals surface area contributed by atoms with E-state index in [4.69, 9.17) is 0 Å². The number of hydrogen-bond acceptors (Lipinski definition) is 3. The number of carbonyl (C=O) groups excluding carboxylic acids is 2. The minimum Gasteiger partial charge on any atom is -0.548 e. The van der Waals surface area contributed by atoms with Gasteiger partial charge in [-0.15, -0.1) is 0 Å². The number of anilines is 1. The molecule has 1 aromatic carbocycles. The number of hydrogen-bond donors (Lipinski definition) is 2. The number of amides is 2. The molecule has 0 saturated heterocycles. The fourth-order valence-corrected chi connectivity index (χ4v) is 1.25. The van der Waals surface area contributed by atoms with Crippen LogP contribution in [-0.4, -0.2) is 18.0 Å². The Morgan fingerprint density at radius 3 is 2.37 bits per heavy atom. The van der Waals surface area contributed by atoms with Crippen molar-refractivity contribution in [2.24, 2.45) is 0 Å². The van der Waals surface area contributed by atoms with Crippen LogP contribution < -0.4 is 15.7 Å². The molecule has 1 rings (SSSR count). The van der Waals surface area contributed by atoms with Crippen LogP contribution >= 0.6 is 0 Å². The van der Waals surface area contributed by atoms with Crippen molar-refractivity contribution in [3.63, 3.8) is 0 Å². The van der Waals surface area contributed by atoms with E-state index in [-0.39, 0.29) is 0 Å². The van der Waals surface area contributed by atoms with E-state index in [1.165, 1.54) is 12.1 Å². The second kappa shape index (κ2) is 5.59. The van der Waals surface area contributed by atoms with Gasteiger partial charge in [-0.3, -0.25) is 0 Å². The molecule has 2 N–H and O–H groups in total. The third-order valence-electron chi connectivity index (χ3n) is 2.18. The van der Waals surface area contributed by atoms with Crippen LogP contribution in [0.1, 0.15) is 12.5 Å². The van der Waals surface area contributed by atoms with Gasteiger partial charge in [0.1, 0.15) is 0 Å². The summed E-state index contributed by atoms with van der Waals surface area (Å²) in [4.78, 5) is 21.7. The van der Waals surface area contributed by atoms with Crippen molar-refractivity contribution < 1.29 is 27.9 Å². The molecule has 0 unspecified atom stereocenters. The lowest BCUT2D eigenvalue weighted by Crippen LogP contribution is -2.47. The van der Waals surface area contributed by atoms with Crippen LogP contribution in [0.3, 0.4) is 0 Å². The first-order valence-electron chi connectivity index (χ1n) is 5.16. The SMILES string of the molecule is C[C@H](NC(=O)Nc1ccccc1C(F)(F)F)C(=O)[O-]. The first kappa shape index (κ1) is 14.8. The molecular formula is C11H10F3N2O3-. The summed E-state index contributed by atoms with van der Waals surface area (Å²) >= 11 is 0. The third-order valence-corrected chi connectivity index (χ3v) is 2.18. The molecule has 104 valence electrons. The smallest absolute Gasteiger partial charge is 0.418 e. The summed E-state index contributed by atoms with van der Waals surface area (Å²) in [7, 11) is 0. The normalized spacial score (nSPS) is 12.6. The summed E-state index contributed by atoms with van der Waals surface area (Å²) in [6.07, 6.45) is -4.62. The number of carbonyl (C=O) groups is 2. The summed E-state index contributed by atoms with van der Waals surface area (Å²) in [5.41, 5.74) is -1.48. The summed E-state index contributed by atoms with van der Waals surface area (Å²) in [6.45, 7) is 1.13. The molecule has 0 aliphatic heterocycles. The second-order valence-corrected chi connectivity index (χ2v) is 3.68. The summed E-state index contributed by atoms with van der Waals surface area (Å²) in [6, 6.07) is 1.97. The van der Waals surface area contributed by atoms with Gasteiger partial charge in [-0.05, 0) is 19.1 Å². The van der Waals surface area contributed by atoms with Crippen molar-refractivity contribution in [3.8, 4) is 0 Å². The van der Waals surface area contributed by atoms with Gasteiger partial charge in [0.05, 0.1) is 23.3 Å². The van der Waals surface area contributed by atoms with Crippen LogP contribution in [0.15, 0.2) is 24.3 Å². The number of rotatable bonds is 3. The molecule has 0 fully saturated rings. The van der Waals surface area contributed by atoms with Gasteiger partial charge in [0.15, 0.2) is 0 Å². The average molecular weight is 275 g/mol. The van der Waals surface area contributed by atoms with E-state index in [0.717, 1.165) is 19.1 Å². The van der Waals surface area contributed by atoms with Crippen molar-refractivity contribution in [2.75, 3.05) is 5.32 Å². The van der Waals surface area contributed by atoms with E-state index >= 15 is 0 Å². The molecule has 0 bridgehead atoms. The van der Waals surface area contributed by atoms with Crippen molar-refractivity contribution in [3.05, 3.63) is 29.8 Å². The predicted molar refractivity (Wildman–Crippen MR) is 58.1 cm³/mol.